The topological polar surface area (TPSA) is 124 Å². The fourth-order valence-electron chi connectivity index (χ4n) is 2.76. The standard InChI is InChI=1S/C20H22N6O4S/c1-3-25-18(12-21-14-6-10-17(30-2)11-7-14)23-24-20(25)31-13-19(27)22-15-4-8-16(9-5-15)26(28)29/h4-11,21H,3,12-13H2,1-2H3,(H,22,27). The number of hydrogen-bond donors (Lipinski definition) is 2. The highest BCUT2D eigenvalue weighted by atomic mass is 32.2. The SMILES string of the molecule is CCn1c(CNc2ccc(OC)cc2)nnc1SCC(=O)Nc1ccc([N+](=O)[O-])cc1. The molecule has 10 nitrogen and oxygen atoms in total. The molecule has 0 saturated heterocycles. The number of hydrogen-bond acceptors (Lipinski definition) is 8. The Kier molecular flexibility index (Phi) is 7.44. The second kappa shape index (κ2) is 10.4. The highest BCUT2D eigenvalue weighted by molar-refractivity contribution is 7.99. The van der Waals surface area contributed by atoms with Gasteiger partial charge in [-0.05, 0) is 43.3 Å². The van der Waals surface area contributed by atoms with E-state index in [1.165, 1.54) is 36.0 Å². The predicted molar refractivity (Wildman–Crippen MR) is 118 cm³/mol. The maximum atomic E-state index is 12.2. The van der Waals surface area contributed by atoms with Crippen LogP contribution in [0.2, 0.25) is 0 Å². The van der Waals surface area contributed by atoms with E-state index in [0.717, 1.165) is 17.3 Å². The monoisotopic (exact) mass is 442 g/mol. The summed E-state index contributed by atoms with van der Waals surface area (Å²) in [5, 5.41) is 25.8. The van der Waals surface area contributed by atoms with Gasteiger partial charge < -0.3 is 19.9 Å². The molecule has 0 spiro atoms. The summed E-state index contributed by atoms with van der Waals surface area (Å²) < 4.78 is 7.10. The molecule has 0 bridgehead atoms. The molecule has 0 aliphatic heterocycles. The van der Waals surface area contributed by atoms with Crippen molar-refractivity contribution in [3.63, 3.8) is 0 Å². The van der Waals surface area contributed by atoms with Crippen LogP contribution in [0.3, 0.4) is 0 Å². The maximum absolute atomic E-state index is 12.2. The molecular formula is C20H22N6O4S. The summed E-state index contributed by atoms with van der Waals surface area (Å²) in [6.07, 6.45) is 0. The number of amides is 1. The van der Waals surface area contributed by atoms with Crippen LogP contribution in [-0.4, -0.2) is 38.5 Å². The number of nitrogens with zero attached hydrogens (tertiary/aromatic N) is 4. The molecule has 3 rings (SSSR count). The van der Waals surface area contributed by atoms with Crippen molar-refractivity contribution in [1.29, 1.82) is 0 Å². The van der Waals surface area contributed by atoms with E-state index in [1.807, 2.05) is 35.8 Å². The zero-order valence-electron chi connectivity index (χ0n) is 17.1. The molecule has 2 N–H and O–H groups in total. The first-order chi connectivity index (χ1) is 15.0. The number of anilines is 2. The van der Waals surface area contributed by atoms with E-state index in [-0.39, 0.29) is 17.3 Å². The van der Waals surface area contributed by atoms with Gasteiger partial charge in [0.25, 0.3) is 5.69 Å². The van der Waals surface area contributed by atoms with Crippen molar-refractivity contribution in [2.45, 2.75) is 25.2 Å². The number of methoxy groups -OCH3 is 1. The second-order valence-corrected chi connectivity index (χ2v) is 7.31. The Bertz CT molecular complexity index is 1040. The molecule has 1 amide bonds. The summed E-state index contributed by atoms with van der Waals surface area (Å²) in [6.45, 7) is 3.14. The largest absolute Gasteiger partial charge is 0.497 e. The van der Waals surface area contributed by atoms with Gasteiger partial charge in [-0.2, -0.15) is 0 Å². The van der Waals surface area contributed by atoms with Crippen molar-refractivity contribution >= 4 is 34.7 Å². The van der Waals surface area contributed by atoms with Crippen LogP contribution in [0, 0.1) is 10.1 Å². The Hall–Kier alpha value is -3.60. The number of benzene rings is 2. The summed E-state index contributed by atoms with van der Waals surface area (Å²) in [5.41, 5.74) is 1.40. The van der Waals surface area contributed by atoms with Gasteiger partial charge in [0.05, 0.1) is 24.3 Å². The van der Waals surface area contributed by atoms with Gasteiger partial charge >= 0.3 is 0 Å². The highest BCUT2D eigenvalue weighted by Crippen LogP contribution is 2.20. The zero-order valence-corrected chi connectivity index (χ0v) is 17.9. The van der Waals surface area contributed by atoms with Gasteiger partial charge in [0.2, 0.25) is 5.91 Å². The van der Waals surface area contributed by atoms with Crippen LogP contribution in [-0.2, 0) is 17.9 Å². The minimum Gasteiger partial charge on any atom is -0.497 e. The number of carbonyl (C=O) groups is 1. The number of nitrogens with one attached hydrogen (secondary N) is 2. The van der Waals surface area contributed by atoms with Crippen LogP contribution in [0.1, 0.15) is 12.7 Å². The molecule has 0 atom stereocenters. The first-order valence-electron chi connectivity index (χ1n) is 9.47. The molecule has 3 aromatic rings. The van der Waals surface area contributed by atoms with E-state index in [0.29, 0.717) is 23.9 Å². The molecule has 1 heterocycles. The molecule has 2 aromatic carbocycles. The molecule has 162 valence electrons. The molecule has 0 saturated carbocycles. The summed E-state index contributed by atoms with van der Waals surface area (Å²) >= 11 is 1.28. The van der Waals surface area contributed by atoms with E-state index in [1.54, 1.807) is 7.11 Å². The number of rotatable bonds is 10. The van der Waals surface area contributed by atoms with Gasteiger partial charge in [-0.3, -0.25) is 14.9 Å². The van der Waals surface area contributed by atoms with Crippen molar-refractivity contribution in [2.24, 2.45) is 0 Å². The molecule has 0 fully saturated rings. The molecule has 11 heteroatoms. The van der Waals surface area contributed by atoms with Gasteiger partial charge in [-0.25, -0.2) is 0 Å². The minimum absolute atomic E-state index is 0.0285. The highest BCUT2D eigenvalue weighted by Gasteiger charge is 2.14. The molecule has 0 unspecified atom stereocenters. The summed E-state index contributed by atoms with van der Waals surface area (Å²) in [7, 11) is 1.62. The maximum Gasteiger partial charge on any atom is 0.269 e. The van der Waals surface area contributed by atoms with Gasteiger partial charge in [-0.1, -0.05) is 11.8 Å². The fourth-order valence-corrected chi connectivity index (χ4v) is 3.58. The average Bonchev–Trinajstić information content (AvgIpc) is 3.18. The summed E-state index contributed by atoms with van der Waals surface area (Å²) in [4.78, 5) is 22.4. The van der Waals surface area contributed by atoms with E-state index in [2.05, 4.69) is 20.8 Å². The first kappa shape index (κ1) is 22.1. The number of aromatic nitrogens is 3. The van der Waals surface area contributed by atoms with Crippen LogP contribution in [0.25, 0.3) is 0 Å². The normalized spacial score (nSPS) is 10.5. The molecule has 0 aliphatic carbocycles. The van der Waals surface area contributed by atoms with Crippen molar-refractivity contribution in [1.82, 2.24) is 14.8 Å². The third-order valence-electron chi connectivity index (χ3n) is 4.34. The summed E-state index contributed by atoms with van der Waals surface area (Å²) in [6, 6.07) is 13.3. The average molecular weight is 443 g/mol. The third-order valence-corrected chi connectivity index (χ3v) is 5.31. The Morgan fingerprint density at radius 2 is 1.81 bits per heavy atom. The zero-order chi connectivity index (χ0) is 22.2. The van der Waals surface area contributed by atoms with Crippen LogP contribution in [0.5, 0.6) is 5.75 Å². The van der Waals surface area contributed by atoms with Gasteiger partial charge in [-0.15, -0.1) is 10.2 Å². The number of ether oxygens (including phenoxy) is 1. The van der Waals surface area contributed by atoms with Crippen molar-refractivity contribution in [2.75, 3.05) is 23.5 Å². The Balaban J connectivity index is 1.54. The van der Waals surface area contributed by atoms with E-state index in [9.17, 15) is 14.9 Å². The number of carbonyl (C=O) groups excluding carboxylic acids is 1. The summed E-state index contributed by atoms with van der Waals surface area (Å²) in [5.74, 6) is 1.45. The van der Waals surface area contributed by atoms with Gasteiger partial charge in [0.15, 0.2) is 11.0 Å². The lowest BCUT2D eigenvalue weighted by atomic mass is 10.3. The van der Waals surface area contributed by atoms with Crippen molar-refractivity contribution in [3.8, 4) is 5.75 Å². The number of non-ortho nitro benzene ring substituents is 1. The van der Waals surface area contributed by atoms with Crippen molar-refractivity contribution in [3.05, 3.63) is 64.5 Å². The van der Waals surface area contributed by atoms with Crippen molar-refractivity contribution < 1.29 is 14.5 Å². The Labute approximate surface area is 183 Å². The number of thioether (sulfide) groups is 1. The van der Waals surface area contributed by atoms with Crippen LogP contribution < -0.4 is 15.4 Å². The molecule has 0 aliphatic rings. The van der Waals surface area contributed by atoms with Gasteiger partial charge in [0, 0.05) is 30.1 Å². The molecule has 31 heavy (non-hydrogen) atoms. The fraction of sp³-hybridized carbons (Fsp3) is 0.250. The second-order valence-electron chi connectivity index (χ2n) is 6.37. The quantitative estimate of drug-likeness (QED) is 0.277. The Morgan fingerprint density at radius 3 is 2.42 bits per heavy atom. The van der Waals surface area contributed by atoms with E-state index < -0.39 is 4.92 Å². The lowest BCUT2D eigenvalue weighted by Gasteiger charge is -2.10. The lowest BCUT2D eigenvalue weighted by molar-refractivity contribution is -0.384. The smallest absolute Gasteiger partial charge is 0.269 e. The molecule has 1 aromatic heterocycles. The Morgan fingerprint density at radius 1 is 1.13 bits per heavy atom. The molecule has 0 radical (unpaired) electrons. The molecular weight excluding hydrogens is 420 g/mol. The first-order valence-corrected chi connectivity index (χ1v) is 10.5. The van der Waals surface area contributed by atoms with E-state index >= 15 is 0 Å². The van der Waals surface area contributed by atoms with Crippen LogP contribution in [0.4, 0.5) is 17.1 Å². The van der Waals surface area contributed by atoms with Crippen LogP contribution >= 0.6 is 11.8 Å². The lowest BCUT2D eigenvalue weighted by Crippen LogP contribution is -2.15. The number of nitro groups is 1. The predicted octanol–water partition coefficient (Wildman–Crippen LogP) is 3.56. The minimum atomic E-state index is -0.486. The van der Waals surface area contributed by atoms with Crippen LogP contribution in [0.15, 0.2) is 53.7 Å². The number of nitro benzene ring substituents is 1. The van der Waals surface area contributed by atoms with E-state index in [4.69, 9.17) is 4.74 Å². The van der Waals surface area contributed by atoms with Gasteiger partial charge in [0.1, 0.15) is 5.75 Å². The third kappa shape index (κ3) is 5.95.